The topological polar surface area (TPSA) is 61.4 Å². The van der Waals surface area contributed by atoms with E-state index in [0.29, 0.717) is 12.5 Å². The number of carbonyl (C=O) groups excluding carboxylic acids is 2. The second kappa shape index (κ2) is 8.67. The van der Waals surface area contributed by atoms with Crippen molar-refractivity contribution in [2.75, 3.05) is 32.0 Å². The minimum atomic E-state index is -0.274. The fraction of sp³-hybridized carbons (Fsp3) is 0.556. The molecule has 1 atom stereocenters. The molecule has 1 aromatic rings. The first-order valence-electron chi connectivity index (χ1n) is 8.34. The number of amides is 2. The zero-order valence-electron chi connectivity index (χ0n) is 14.1. The Kier molecular flexibility index (Phi) is 6.59. The molecule has 23 heavy (non-hydrogen) atoms. The molecule has 2 N–H and O–H groups in total. The number of nitrogens with zero attached hydrogens (tertiary/aromatic N) is 1. The Morgan fingerprint density at radius 1 is 1.22 bits per heavy atom. The molecule has 0 aliphatic carbocycles. The van der Waals surface area contributed by atoms with Gasteiger partial charge in [0.2, 0.25) is 11.8 Å². The number of aryl methyl sites for hydroxylation is 1. The minimum absolute atomic E-state index is 0.127. The van der Waals surface area contributed by atoms with E-state index >= 15 is 0 Å². The molecule has 0 saturated carbocycles. The van der Waals surface area contributed by atoms with Gasteiger partial charge in [0.1, 0.15) is 6.42 Å². The Hall–Kier alpha value is -1.88. The Labute approximate surface area is 138 Å². The summed E-state index contributed by atoms with van der Waals surface area (Å²) in [5.74, 6) is 0.165. The van der Waals surface area contributed by atoms with Crippen LogP contribution < -0.4 is 10.6 Å². The van der Waals surface area contributed by atoms with Crippen LogP contribution in [-0.4, -0.2) is 43.4 Å². The van der Waals surface area contributed by atoms with Gasteiger partial charge in [0.05, 0.1) is 0 Å². The Bertz CT molecular complexity index is 528. The minimum Gasteiger partial charge on any atom is -0.356 e. The van der Waals surface area contributed by atoms with Gasteiger partial charge in [-0.1, -0.05) is 17.7 Å². The lowest BCUT2D eigenvalue weighted by molar-refractivity contribution is -0.126. The molecule has 1 unspecified atom stereocenters. The fourth-order valence-corrected chi connectivity index (χ4v) is 2.97. The average Bonchev–Trinajstić information content (AvgIpc) is 2.49. The first-order chi connectivity index (χ1) is 11.0. The van der Waals surface area contributed by atoms with Gasteiger partial charge in [0, 0.05) is 18.8 Å². The predicted molar refractivity (Wildman–Crippen MR) is 92.3 cm³/mol. The number of anilines is 1. The van der Waals surface area contributed by atoms with E-state index in [1.165, 1.54) is 19.4 Å². The number of piperidine rings is 1. The Balaban J connectivity index is 1.64. The molecule has 0 spiro atoms. The normalized spacial score (nSPS) is 18.4. The summed E-state index contributed by atoms with van der Waals surface area (Å²) >= 11 is 0. The molecule has 0 radical (unpaired) electrons. The summed E-state index contributed by atoms with van der Waals surface area (Å²) < 4.78 is 0. The lowest BCUT2D eigenvalue weighted by Gasteiger charge is -2.29. The van der Waals surface area contributed by atoms with Crippen LogP contribution in [0.25, 0.3) is 0 Å². The number of benzene rings is 1. The van der Waals surface area contributed by atoms with E-state index in [-0.39, 0.29) is 18.2 Å². The van der Waals surface area contributed by atoms with Gasteiger partial charge in [0.25, 0.3) is 0 Å². The van der Waals surface area contributed by atoms with Crippen LogP contribution in [0.5, 0.6) is 0 Å². The van der Waals surface area contributed by atoms with Crippen molar-refractivity contribution in [1.82, 2.24) is 10.2 Å². The fourth-order valence-electron chi connectivity index (χ4n) is 2.97. The molecular formula is C18H27N3O2. The van der Waals surface area contributed by atoms with E-state index in [0.717, 1.165) is 24.2 Å². The van der Waals surface area contributed by atoms with Crippen LogP contribution in [0.15, 0.2) is 24.3 Å². The van der Waals surface area contributed by atoms with Crippen LogP contribution in [0, 0.1) is 12.8 Å². The van der Waals surface area contributed by atoms with E-state index in [1.54, 1.807) is 0 Å². The second-order valence-corrected chi connectivity index (χ2v) is 6.50. The maximum absolute atomic E-state index is 11.8. The van der Waals surface area contributed by atoms with Crippen molar-refractivity contribution in [2.24, 2.45) is 5.92 Å². The van der Waals surface area contributed by atoms with Crippen molar-refractivity contribution in [3.05, 3.63) is 29.8 Å². The van der Waals surface area contributed by atoms with Crippen LogP contribution in [0.4, 0.5) is 5.69 Å². The lowest BCUT2D eigenvalue weighted by Crippen LogP contribution is -2.35. The number of carbonyl (C=O) groups is 2. The summed E-state index contributed by atoms with van der Waals surface area (Å²) in [4.78, 5) is 26.0. The third-order valence-corrected chi connectivity index (χ3v) is 4.25. The van der Waals surface area contributed by atoms with Gasteiger partial charge in [-0.25, -0.2) is 0 Å². The molecule has 1 heterocycles. The summed E-state index contributed by atoms with van der Waals surface area (Å²) in [5.41, 5.74) is 1.85. The number of nitrogens with one attached hydrogen (secondary N) is 2. The van der Waals surface area contributed by atoms with Gasteiger partial charge in [-0.2, -0.15) is 0 Å². The molecule has 1 fully saturated rings. The van der Waals surface area contributed by atoms with E-state index in [1.807, 2.05) is 31.2 Å². The van der Waals surface area contributed by atoms with Gasteiger partial charge in [0.15, 0.2) is 0 Å². The molecular weight excluding hydrogens is 290 g/mol. The highest BCUT2D eigenvalue weighted by atomic mass is 16.2. The van der Waals surface area contributed by atoms with Crippen molar-refractivity contribution >= 4 is 17.5 Å². The van der Waals surface area contributed by atoms with E-state index < -0.39 is 0 Å². The van der Waals surface area contributed by atoms with Crippen molar-refractivity contribution in [3.63, 3.8) is 0 Å². The zero-order chi connectivity index (χ0) is 16.7. The molecule has 1 aliphatic heterocycles. The number of hydrogen-bond acceptors (Lipinski definition) is 3. The van der Waals surface area contributed by atoms with E-state index in [2.05, 4.69) is 22.6 Å². The summed E-state index contributed by atoms with van der Waals surface area (Å²) in [6.07, 6.45) is 3.32. The quantitative estimate of drug-likeness (QED) is 0.791. The monoisotopic (exact) mass is 317 g/mol. The highest BCUT2D eigenvalue weighted by molar-refractivity contribution is 6.03. The third-order valence-electron chi connectivity index (χ3n) is 4.25. The molecule has 1 aliphatic rings. The van der Waals surface area contributed by atoms with Crippen LogP contribution in [0.3, 0.4) is 0 Å². The largest absolute Gasteiger partial charge is 0.356 e. The summed E-state index contributed by atoms with van der Waals surface area (Å²) in [6, 6.07) is 7.53. The molecule has 126 valence electrons. The van der Waals surface area contributed by atoms with Crippen molar-refractivity contribution < 1.29 is 9.59 Å². The average molecular weight is 317 g/mol. The molecule has 2 amide bonds. The van der Waals surface area contributed by atoms with Gasteiger partial charge in [-0.05, 0) is 57.8 Å². The molecule has 0 bridgehead atoms. The van der Waals surface area contributed by atoms with Gasteiger partial charge in [-0.15, -0.1) is 0 Å². The first kappa shape index (κ1) is 17.5. The second-order valence-electron chi connectivity index (χ2n) is 6.50. The SMILES string of the molecule is Cc1ccc(NC(=O)CC(=O)NCCC2CCCN(C)C2)cc1. The van der Waals surface area contributed by atoms with Crippen LogP contribution >= 0.6 is 0 Å². The van der Waals surface area contributed by atoms with E-state index in [4.69, 9.17) is 0 Å². The highest BCUT2D eigenvalue weighted by Crippen LogP contribution is 2.17. The Morgan fingerprint density at radius 2 is 1.96 bits per heavy atom. The van der Waals surface area contributed by atoms with Crippen molar-refractivity contribution in [2.45, 2.75) is 32.6 Å². The van der Waals surface area contributed by atoms with Gasteiger partial charge >= 0.3 is 0 Å². The van der Waals surface area contributed by atoms with Crippen LogP contribution in [0.1, 0.15) is 31.2 Å². The third kappa shape index (κ3) is 6.40. The lowest BCUT2D eigenvalue weighted by atomic mass is 9.95. The molecule has 2 rings (SSSR count). The smallest absolute Gasteiger partial charge is 0.233 e. The Morgan fingerprint density at radius 3 is 2.65 bits per heavy atom. The molecule has 5 heteroatoms. The van der Waals surface area contributed by atoms with Crippen molar-refractivity contribution in [3.8, 4) is 0 Å². The molecule has 1 aromatic carbocycles. The van der Waals surface area contributed by atoms with Crippen LogP contribution in [0.2, 0.25) is 0 Å². The molecule has 5 nitrogen and oxygen atoms in total. The van der Waals surface area contributed by atoms with Crippen LogP contribution in [-0.2, 0) is 9.59 Å². The first-order valence-corrected chi connectivity index (χ1v) is 8.34. The maximum atomic E-state index is 11.8. The standard InChI is InChI=1S/C18H27N3O2/c1-14-5-7-16(8-6-14)20-18(23)12-17(22)19-10-9-15-4-3-11-21(2)13-15/h5-8,15H,3-4,9-13H2,1-2H3,(H,19,22)(H,20,23). The predicted octanol–water partition coefficient (Wildman–Crippen LogP) is 2.17. The summed E-state index contributed by atoms with van der Waals surface area (Å²) in [6.45, 7) is 4.91. The zero-order valence-corrected chi connectivity index (χ0v) is 14.1. The summed E-state index contributed by atoms with van der Waals surface area (Å²) in [5, 5.41) is 5.59. The van der Waals surface area contributed by atoms with E-state index in [9.17, 15) is 9.59 Å². The maximum Gasteiger partial charge on any atom is 0.233 e. The number of hydrogen-bond donors (Lipinski definition) is 2. The van der Waals surface area contributed by atoms with Gasteiger partial charge < -0.3 is 15.5 Å². The van der Waals surface area contributed by atoms with Gasteiger partial charge in [-0.3, -0.25) is 9.59 Å². The van der Waals surface area contributed by atoms with Crippen molar-refractivity contribution in [1.29, 1.82) is 0 Å². The summed E-state index contributed by atoms with van der Waals surface area (Å²) in [7, 11) is 2.14. The highest BCUT2D eigenvalue weighted by Gasteiger charge is 2.17. The molecule has 0 aromatic heterocycles. The number of rotatable bonds is 6. The molecule has 1 saturated heterocycles. The number of likely N-dealkylation sites (tertiary alicyclic amines) is 1.